The van der Waals surface area contributed by atoms with Crippen LogP contribution in [-0.4, -0.2) is 44.9 Å². The molecule has 0 radical (unpaired) electrons. The molecule has 0 aliphatic carbocycles. The monoisotopic (exact) mass is 476 g/mol. The van der Waals surface area contributed by atoms with Crippen molar-refractivity contribution in [2.45, 2.75) is 51.2 Å². The highest BCUT2D eigenvalue weighted by atomic mass is 19.1. The topological polar surface area (TPSA) is 95.4 Å². The Bertz CT molecular complexity index is 1300. The third-order valence-corrected chi connectivity index (χ3v) is 7.56. The SMILES string of the molecule is CC1(C)CN(Cc2cccnc2)CCC1(O)c1ccc2ncc(C3CCC(=O)NC3=O)cc2c1F. The van der Waals surface area contributed by atoms with Crippen LogP contribution in [0.5, 0.6) is 0 Å². The number of carbonyl (C=O) groups excluding carboxylic acids is 2. The third kappa shape index (κ3) is 4.21. The van der Waals surface area contributed by atoms with Crippen LogP contribution in [0.4, 0.5) is 4.39 Å². The van der Waals surface area contributed by atoms with E-state index in [4.69, 9.17) is 0 Å². The minimum absolute atomic E-state index is 0.237. The highest BCUT2D eigenvalue weighted by molar-refractivity contribution is 6.01. The standard InChI is InChI=1S/C27H29FN4O3/c1-26(2)16-32(15-17-4-3-10-29-13-17)11-9-27(26,35)21-6-7-22-20(24(21)28)12-18(14-30-22)19-5-8-23(33)31-25(19)34/h3-4,6-7,10,12-14,19,35H,5,8-9,11,15-16H2,1-2H3,(H,31,33,34). The van der Waals surface area contributed by atoms with Gasteiger partial charge in [0.15, 0.2) is 0 Å². The first-order chi connectivity index (χ1) is 16.7. The number of likely N-dealkylation sites (tertiary alicyclic amines) is 1. The second-order valence-electron chi connectivity index (χ2n) is 10.3. The molecule has 5 rings (SSSR count). The summed E-state index contributed by atoms with van der Waals surface area (Å²) in [4.78, 5) is 34.7. The lowest BCUT2D eigenvalue weighted by molar-refractivity contribution is -0.134. The first kappa shape index (κ1) is 23.5. The van der Waals surface area contributed by atoms with Gasteiger partial charge in [-0.3, -0.25) is 29.8 Å². The molecule has 35 heavy (non-hydrogen) atoms. The molecule has 2 aliphatic rings. The summed E-state index contributed by atoms with van der Waals surface area (Å²) < 4.78 is 16.0. The Kier molecular flexibility index (Phi) is 5.89. The van der Waals surface area contributed by atoms with Crippen LogP contribution in [0.25, 0.3) is 10.9 Å². The molecule has 2 aromatic heterocycles. The quantitative estimate of drug-likeness (QED) is 0.561. The molecule has 3 aromatic rings. The molecule has 2 saturated heterocycles. The Balaban J connectivity index is 1.46. The van der Waals surface area contributed by atoms with Crippen LogP contribution in [0.15, 0.2) is 48.9 Å². The van der Waals surface area contributed by atoms with E-state index in [0.29, 0.717) is 43.6 Å². The lowest BCUT2D eigenvalue weighted by atomic mass is 9.66. The predicted molar refractivity (Wildman–Crippen MR) is 129 cm³/mol. The average Bonchev–Trinajstić information content (AvgIpc) is 2.82. The van der Waals surface area contributed by atoms with Crippen LogP contribution in [0.1, 0.15) is 55.7 Å². The largest absolute Gasteiger partial charge is 0.384 e. The van der Waals surface area contributed by atoms with Gasteiger partial charge in [-0.1, -0.05) is 26.0 Å². The molecule has 7 nitrogen and oxygen atoms in total. The number of piperidine rings is 2. The molecule has 2 unspecified atom stereocenters. The van der Waals surface area contributed by atoms with Gasteiger partial charge in [0.05, 0.1) is 17.0 Å². The number of rotatable bonds is 4. The zero-order valence-corrected chi connectivity index (χ0v) is 19.9. The molecule has 0 spiro atoms. The summed E-state index contributed by atoms with van der Waals surface area (Å²) in [7, 11) is 0. The summed E-state index contributed by atoms with van der Waals surface area (Å²) in [6.07, 6.45) is 6.12. The fourth-order valence-corrected chi connectivity index (χ4v) is 5.51. The molecule has 0 bridgehead atoms. The molecule has 1 aromatic carbocycles. The molecular formula is C27H29FN4O3. The van der Waals surface area contributed by atoms with E-state index in [1.165, 1.54) is 0 Å². The van der Waals surface area contributed by atoms with Crippen molar-refractivity contribution < 1.29 is 19.1 Å². The van der Waals surface area contributed by atoms with Crippen LogP contribution in [0.2, 0.25) is 0 Å². The van der Waals surface area contributed by atoms with Crippen LogP contribution >= 0.6 is 0 Å². The number of nitrogens with one attached hydrogen (secondary N) is 1. The van der Waals surface area contributed by atoms with Crippen molar-refractivity contribution in [3.63, 3.8) is 0 Å². The van der Waals surface area contributed by atoms with E-state index in [0.717, 1.165) is 5.56 Å². The van der Waals surface area contributed by atoms with Gasteiger partial charge in [-0.25, -0.2) is 4.39 Å². The van der Waals surface area contributed by atoms with Crippen LogP contribution in [-0.2, 0) is 21.7 Å². The maximum Gasteiger partial charge on any atom is 0.234 e. The number of pyridine rings is 2. The number of carbonyl (C=O) groups is 2. The summed E-state index contributed by atoms with van der Waals surface area (Å²) in [5.41, 5.74) is 0.363. The molecule has 2 aliphatic heterocycles. The Hall–Kier alpha value is -3.23. The number of benzene rings is 1. The number of nitrogens with zero attached hydrogens (tertiary/aromatic N) is 3. The molecule has 4 heterocycles. The van der Waals surface area contributed by atoms with Gasteiger partial charge in [-0.05, 0) is 42.2 Å². The maximum atomic E-state index is 16.0. The van der Waals surface area contributed by atoms with Crippen molar-refractivity contribution in [3.05, 3.63) is 71.4 Å². The van der Waals surface area contributed by atoms with Crippen LogP contribution < -0.4 is 5.32 Å². The minimum Gasteiger partial charge on any atom is -0.384 e. The lowest BCUT2D eigenvalue weighted by Gasteiger charge is -2.50. The van der Waals surface area contributed by atoms with Gasteiger partial charge in [0.2, 0.25) is 11.8 Å². The van der Waals surface area contributed by atoms with Crippen LogP contribution in [0.3, 0.4) is 0 Å². The third-order valence-electron chi connectivity index (χ3n) is 7.56. The van der Waals surface area contributed by atoms with E-state index in [1.54, 1.807) is 30.6 Å². The van der Waals surface area contributed by atoms with E-state index in [2.05, 4.69) is 20.2 Å². The normalized spacial score (nSPS) is 25.0. The van der Waals surface area contributed by atoms with Gasteiger partial charge in [-0.15, -0.1) is 0 Å². The first-order valence-electron chi connectivity index (χ1n) is 11.9. The molecule has 2 atom stereocenters. The molecule has 2 amide bonds. The number of hydrogen-bond donors (Lipinski definition) is 2. The van der Waals surface area contributed by atoms with E-state index in [9.17, 15) is 14.7 Å². The van der Waals surface area contributed by atoms with Crippen molar-refractivity contribution in [2.75, 3.05) is 13.1 Å². The van der Waals surface area contributed by atoms with E-state index >= 15 is 4.39 Å². The van der Waals surface area contributed by atoms with Gasteiger partial charge in [0.25, 0.3) is 0 Å². The number of amides is 2. The summed E-state index contributed by atoms with van der Waals surface area (Å²) in [5.74, 6) is -1.75. The van der Waals surface area contributed by atoms with Gasteiger partial charge in [-0.2, -0.15) is 0 Å². The lowest BCUT2D eigenvalue weighted by Crippen LogP contribution is -2.55. The molecule has 182 valence electrons. The van der Waals surface area contributed by atoms with E-state index < -0.39 is 22.8 Å². The summed E-state index contributed by atoms with van der Waals surface area (Å²) in [6.45, 7) is 5.84. The van der Waals surface area contributed by atoms with Crippen molar-refractivity contribution in [1.82, 2.24) is 20.2 Å². The van der Waals surface area contributed by atoms with Crippen molar-refractivity contribution in [1.29, 1.82) is 0 Å². The second kappa shape index (κ2) is 8.77. The van der Waals surface area contributed by atoms with E-state index in [1.807, 2.05) is 32.2 Å². The Morgan fingerprint density at radius 1 is 1.23 bits per heavy atom. The smallest absolute Gasteiger partial charge is 0.234 e. The van der Waals surface area contributed by atoms with E-state index in [-0.39, 0.29) is 29.2 Å². The number of hydrogen-bond acceptors (Lipinski definition) is 6. The average molecular weight is 477 g/mol. The van der Waals surface area contributed by atoms with Gasteiger partial charge >= 0.3 is 0 Å². The van der Waals surface area contributed by atoms with Crippen LogP contribution in [0, 0.1) is 11.2 Å². The fraction of sp³-hybridized carbons (Fsp3) is 0.407. The summed E-state index contributed by atoms with van der Waals surface area (Å²) >= 11 is 0. The Labute approximate surface area is 203 Å². The van der Waals surface area contributed by atoms with Gasteiger partial charge in [0.1, 0.15) is 5.82 Å². The van der Waals surface area contributed by atoms with Gasteiger partial charge < -0.3 is 5.11 Å². The number of imide groups is 1. The van der Waals surface area contributed by atoms with Crippen molar-refractivity contribution in [3.8, 4) is 0 Å². The predicted octanol–water partition coefficient (Wildman–Crippen LogP) is 3.41. The zero-order chi connectivity index (χ0) is 24.8. The molecule has 2 N–H and O–H groups in total. The number of aromatic nitrogens is 2. The minimum atomic E-state index is -1.37. The Morgan fingerprint density at radius 3 is 2.77 bits per heavy atom. The fourth-order valence-electron chi connectivity index (χ4n) is 5.51. The number of aliphatic hydroxyl groups is 1. The van der Waals surface area contributed by atoms with Gasteiger partial charge in [0, 0.05) is 61.0 Å². The summed E-state index contributed by atoms with van der Waals surface area (Å²) in [6, 6.07) is 8.92. The van der Waals surface area contributed by atoms with Crippen molar-refractivity contribution >= 4 is 22.7 Å². The Morgan fingerprint density at radius 2 is 2.06 bits per heavy atom. The maximum absolute atomic E-state index is 16.0. The first-order valence-corrected chi connectivity index (χ1v) is 11.9. The summed E-state index contributed by atoms with van der Waals surface area (Å²) in [5, 5.41) is 14.5. The highest BCUT2D eigenvalue weighted by Crippen LogP contribution is 2.48. The van der Waals surface area contributed by atoms with Crippen molar-refractivity contribution in [2.24, 2.45) is 5.41 Å². The zero-order valence-electron chi connectivity index (χ0n) is 19.9. The molecular weight excluding hydrogens is 447 g/mol. The second-order valence-corrected chi connectivity index (χ2v) is 10.3. The highest BCUT2D eigenvalue weighted by Gasteiger charge is 2.50. The molecule has 2 fully saturated rings. The molecule has 8 heteroatoms. The molecule has 0 saturated carbocycles. The number of fused-ring (bicyclic) bond motifs is 1. The number of halogens is 1.